The molecule has 3 fully saturated rings. The summed E-state index contributed by atoms with van der Waals surface area (Å²) in [5.74, 6) is 0.872. The Hall–Kier alpha value is -2.34. The first-order valence-corrected chi connectivity index (χ1v) is 11.9. The maximum atomic E-state index is 13.3. The molecule has 0 radical (unpaired) electrons. The summed E-state index contributed by atoms with van der Waals surface area (Å²) in [6.07, 6.45) is 9.91. The number of hydrogen-bond acceptors (Lipinski definition) is 4. The number of carbonyl (C=O) groups excluding carboxylic acids is 2. The third kappa shape index (κ3) is 3.98. The summed E-state index contributed by atoms with van der Waals surface area (Å²) in [4.78, 5) is 29.9. The molecule has 4 atom stereocenters. The van der Waals surface area contributed by atoms with Crippen molar-refractivity contribution >= 4 is 17.7 Å². The number of anilines is 1. The minimum Gasteiger partial charge on any atom is -0.462 e. The zero-order valence-electron chi connectivity index (χ0n) is 18.4. The van der Waals surface area contributed by atoms with Crippen LogP contribution in [0.15, 0.2) is 35.9 Å². The van der Waals surface area contributed by atoms with Crippen LogP contribution in [-0.4, -0.2) is 60.1 Å². The smallest absolute Gasteiger partial charge is 0.338 e. The predicted molar refractivity (Wildman–Crippen MR) is 120 cm³/mol. The molecule has 0 spiro atoms. The van der Waals surface area contributed by atoms with Crippen molar-refractivity contribution in [1.29, 1.82) is 0 Å². The third-order valence-corrected chi connectivity index (χ3v) is 7.57. The lowest BCUT2D eigenvalue weighted by molar-refractivity contribution is 0.00908. The second-order valence-electron chi connectivity index (χ2n) is 9.43. The van der Waals surface area contributed by atoms with E-state index in [0.29, 0.717) is 29.7 Å². The molecule has 3 aliphatic heterocycles. The molecule has 1 aromatic carbocycles. The number of esters is 1. The Morgan fingerprint density at radius 3 is 2.77 bits per heavy atom. The van der Waals surface area contributed by atoms with Crippen LogP contribution in [0.2, 0.25) is 0 Å². The summed E-state index contributed by atoms with van der Waals surface area (Å²) in [6, 6.07) is 7.89. The molecule has 5 rings (SSSR count). The van der Waals surface area contributed by atoms with Crippen LogP contribution in [0.3, 0.4) is 0 Å². The highest BCUT2D eigenvalue weighted by Crippen LogP contribution is 2.45. The van der Waals surface area contributed by atoms with Gasteiger partial charge in [-0.2, -0.15) is 0 Å². The molecule has 0 unspecified atom stereocenters. The van der Waals surface area contributed by atoms with Gasteiger partial charge in [0.05, 0.1) is 18.2 Å². The molecular weight excluding hydrogens is 390 g/mol. The molecular formula is C25H33N3O3. The van der Waals surface area contributed by atoms with Crippen molar-refractivity contribution in [1.82, 2.24) is 9.80 Å². The molecule has 6 nitrogen and oxygen atoms in total. The number of hydrogen-bond donors (Lipinski definition) is 1. The number of piperidine rings is 3. The standard InChI is InChI=1S/C25H33N3O3/c1-2-31-24(29)17-8-10-21(11-9-17)26-25(30)28-13-5-6-18-14-19-15-20(23(18)28)16-27-12-4-3-7-22(19)27/h8-11,14,19-20,22-23H,2-7,12-13,15-16H2,1H3,(H,26,30)/t19-,20+,22+,23-/m0/s1. The second kappa shape index (κ2) is 8.65. The van der Waals surface area contributed by atoms with Crippen LogP contribution < -0.4 is 5.32 Å². The van der Waals surface area contributed by atoms with E-state index in [1.165, 1.54) is 37.8 Å². The summed E-state index contributed by atoms with van der Waals surface area (Å²) in [6.45, 7) is 5.29. The first-order chi connectivity index (χ1) is 15.1. The Bertz CT molecular complexity index is 865. The quantitative estimate of drug-likeness (QED) is 0.582. The minimum atomic E-state index is -0.337. The molecule has 2 amide bonds. The number of nitrogens with one attached hydrogen (secondary N) is 1. The SMILES string of the molecule is CCOC(=O)c1ccc(NC(=O)N2CCCC3=C[C@H]4C[C@H](CN5CCCC[C@H]45)[C@H]32)cc1. The van der Waals surface area contributed by atoms with Gasteiger partial charge in [0.15, 0.2) is 0 Å². The van der Waals surface area contributed by atoms with Gasteiger partial charge in [-0.05, 0) is 81.7 Å². The van der Waals surface area contributed by atoms with E-state index in [1.54, 1.807) is 31.2 Å². The van der Waals surface area contributed by atoms with Crippen LogP contribution >= 0.6 is 0 Å². The molecule has 31 heavy (non-hydrogen) atoms. The lowest BCUT2D eigenvalue weighted by Crippen LogP contribution is -2.60. The number of rotatable bonds is 3. The van der Waals surface area contributed by atoms with Crippen molar-refractivity contribution < 1.29 is 14.3 Å². The van der Waals surface area contributed by atoms with E-state index in [0.717, 1.165) is 32.0 Å². The number of nitrogens with zero attached hydrogens (tertiary/aromatic N) is 2. The zero-order valence-corrected chi connectivity index (χ0v) is 18.4. The molecule has 1 N–H and O–H groups in total. The number of carbonyl (C=O) groups is 2. The molecule has 0 saturated carbocycles. The van der Waals surface area contributed by atoms with E-state index in [9.17, 15) is 9.59 Å². The van der Waals surface area contributed by atoms with Crippen molar-refractivity contribution in [3.63, 3.8) is 0 Å². The molecule has 6 heteroatoms. The monoisotopic (exact) mass is 423 g/mol. The predicted octanol–water partition coefficient (Wildman–Crippen LogP) is 4.29. The van der Waals surface area contributed by atoms with Crippen LogP contribution in [-0.2, 0) is 4.74 Å². The van der Waals surface area contributed by atoms with Crippen LogP contribution in [0.1, 0.15) is 55.8 Å². The maximum Gasteiger partial charge on any atom is 0.338 e. The van der Waals surface area contributed by atoms with Crippen LogP contribution in [0.4, 0.5) is 10.5 Å². The highest BCUT2D eigenvalue weighted by Gasteiger charge is 2.46. The summed E-state index contributed by atoms with van der Waals surface area (Å²) >= 11 is 0. The Kier molecular flexibility index (Phi) is 5.74. The number of urea groups is 1. The first-order valence-electron chi connectivity index (χ1n) is 11.9. The Balaban J connectivity index is 1.31. The number of benzene rings is 1. The molecule has 4 aliphatic rings. The van der Waals surface area contributed by atoms with Gasteiger partial charge in [0, 0.05) is 24.8 Å². The van der Waals surface area contributed by atoms with Crippen molar-refractivity contribution in [2.75, 3.05) is 31.6 Å². The van der Waals surface area contributed by atoms with Crippen molar-refractivity contribution in [3.8, 4) is 0 Å². The van der Waals surface area contributed by atoms with Crippen LogP contribution in [0.25, 0.3) is 0 Å². The average molecular weight is 424 g/mol. The molecule has 3 heterocycles. The van der Waals surface area contributed by atoms with Crippen molar-refractivity contribution in [2.24, 2.45) is 11.8 Å². The molecule has 3 saturated heterocycles. The van der Waals surface area contributed by atoms with Gasteiger partial charge in [0.25, 0.3) is 0 Å². The maximum absolute atomic E-state index is 13.3. The van der Waals surface area contributed by atoms with Crippen molar-refractivity contribution in [2.45, 2.75) is 57.5 Å². The topological polar surface area (TPSA) is 61.9 Å². The van der Waals surface area contributed by atoms with E-state index < -0.39 is 0 Å². The average Bonchev–Trinajstić information content (AvgIpc) is 2.79. The van der Waals surface area contributed by atoms with Crippen LogP contribution in [0, 0.1) is 11.8 Å². The Morgan fingerprint density at radius 2 is 1.97 bits per heavy atom. The van der Waals surface area contributed by atoms with E-state index in [-0.39, 0.29) is 18.0 Å². The van der Waals surface area contributed by atoms with Gasteiger partial charge < -0.3 is 15.0 Å². The molecule has 1 aromatic rings. The van der Waals surface area contributed by atoms with Gasteiger partial charge in [-0.15, -0.1) is 0 Å². The van der Waals surface area contributed by atoms with Gasteiger partial charge in [-0.25, -0.2) is 9.59 Å². The lowest BCUT2D eigenvalue weighted by atomic mass is 9.68. The Morgan fingerprint density at radius 1 is 1.13 bits per heavy atom. The summed E-state index contributed by atoms with van der Waals surface area (Å²) in [5, 5.41) is 3.07. The minimum absolute atomic E-state index is 0.0290. The van der Waals surface area contributed by atoms with Gasteiger partial charge in [-0.1, -0.05) is 18.1 Å². The first kappa shape index (κ1) is 20.6. The van der Waals surface area contributed by atoms with Gasteiger partial charge in [0.2, 0.25) is 0 Å². The molecule has 0 aromatic heterocycles. The van der Waals surface area contributed by atoms with Gasteiger partial charge >= 0.3 is 12.0 Å². The van der Waals surface area contributed by atoms with E-state index in [4.69, 9.17) is 4.74 Å². The number of fused-ring (bicyclic) bond motifs is 6. The molecule has 1 aliphatic carbocycles. The third-order valence-electron chi connectivity index (χ3n) is 7.57. The number of ether oxygens (including phenoxy) is 1. The van der Waals surface area contributed by atoms with E-state index >= 15 is 0 Å². The van der Waals surface area contributed by atoms with Crippen LogP contribution in [0.5, 0.6) is 0 Å². The summed E-state index contributed by atoms with van der Waals surface area (Å²) < 4.78 is 5.03. The normalized spacial score (nSPS) is 30.0. The lowest BCUT2D eigenvalue weighted by Gasteiger charge is -2.54. The summed E-state index contributed by atoms with van der Waals surface area (Å²) in [7, 11) is 0. The number of likely N-dealkylation sites (tertiary alicyclic amines) is 1. The fraction of sp³-hybridized carbons (Fsp3) is 0.600. The Labute approximate surface area is 184 Å². The molecule has 166 valence electrons. The van der Waals surface area contributed by atoms with Gasteiger partial charge in [0.1, 0.15) is 0 Å². The highest BCUT2D eigenvalue weighted by molar-refractivity contribution is 5.92. The van der Waals surface area contributed by atoms with E-state index in [1.807, 2.05) is 0 Å². The second-order valence-corrected chi connectivity index (χ2v) is 9.43. The fourth-order valence-electron chi connectivity index (χ4n) is 6.30. The van der Waals surface area contributed by atoms with Gasteiger partial charge in [-0.3, -0.25) is 4.90 Å². The summed E-state index contributed by atoms with van der Waals surface area (Å²) in [5.41, 5.74) is 2.70. The largest absolute Gasteiger partial charge is 0.462 e. The van der Waals surface area contributed by atoms with E-state index in [2.05, 4.69) is 21.2 Å². The number of amides is 2. The zero-order chi connectivity index (χ0) is 21.4. The molecule has 2 bridgehead atoms. The highest BCUT2D eigenvalue weighted by atomic mass is 16.5. The van der Waals surface area contributed by atoms with Crippen molar-refractivity contribution in [3.05, 3.63) is 41.5 Å². The fourth-order valence-corrected chi connectivity index (χ4v) is 6.30.